The number of anilines is 3. The molecule has 0 aliphatic heterocycles. The first kappa shape index (κ1) is 30.0. The van der Waals surface area contributed by atoms with Crippen LogP contribution in [-0.2, 0) is 0 Å². The molecule has 0 bridgehead atoms. The van der Waals surface area contributed by atoms with Crippen molar-refractivity contribution in [2.45, 2.75) is 0 Å². The number of hydrogen-bond donors (Lipinski definition) is 0. The quantitative estimate of drug-likeness (QED) is 0.176. The molecule has 244 valence electrons. The fourth-order valence-corrected chi connectivity index (χ4v) is 7.85. The molecule has 0 saturated heterocycles. The Morgan fingerprint density at radius 1 is 0.327 bits per heavy atom. The van der Waals surface area contributed by atoms with E-state index in [0.29, 0.717) is 0 Å². The van der Waals surface area contributed by atoms with Gasteiger partial charge in [0.05, 0.1) is 16.8 Å². The van der Waals surface area contributed by atoms with E-state index in [1.165, 1.54) is 43.8 Å². The molecule has 0 aliphatic carbocycles. The van der Waals surface area contributed by atoms with Gasteiger partial charge in [0.15, 0.2) is 0 Å². The van der Waals surface area contributed by atoms with Gasteiger partial charge in [-0.25, -0.2) is 0 Å². The minimum atomic E-state index is 0.867. The van der Waals surface area contributed by atoms with Gasteiger partial charge in [-0.15, -0.1) is 0 Å². The van der Waals surface area contributed by atoms with Gasteiger partial charge in [-0.2, -0.15) is 0 Å². The molecule has 0 spiro atoms. The van der Waals surface area contributed by atoms with Crippen LogP contribution in [0.4, 0.5) is 17.1 Å². The zero-order chi connectivity index (χ0) is 34.4. The van der Waals surface area contributed by atoms with E-state index in [4.69, 9.17) is 4.42 Å². The normalized spacial score (nSPS) is 11.5. The van der Waals surface area contributed by atoms with Crippen LogP contribution in [0.15, 0.2) is 205 Å². The Morgan fingerprint density at radius 3 is 1.67 bits per heavy atom. The lowest BCUT2D eigenvalue weighted by atomic mass is 9.95. The number of fused-ring (bicyclic) bond motifs is 5. The number of rotatable bonds is 6. The van der Waals surface area contributed by atoms with E-state index in [2.05, 4.69) is 199 Å². The van der Waals surface area contributed by atoms with Gasteiger partial charge in [0.25, 0.3) is 0 Å². The highest BCUT2D eigenvalue weighted by Crippen LogP contribution is 2.47. The summed E-state index contributed by atoms with van der Waals surface area (Å²) >= 11 is 0. The number of benzene rings is 9. The van der Waals surface area contributed by atoms with E-state index >= 15 is 0 Å². The van der Waals surface area contributed by atoms with Crippen LogP contribution in [0.5, 0.6) is 0 Å². The molecule has 10 rings (SSSR count). The van der Waals surface area contributed by atoms with Crippen molar-refractivity contribution in [3.05, 3.63) is 200 Å². The molecule has 2 nitrogen and oxygen atoms in total. The highest BCUT2D eigenvalue weighted by molar-refractivity contribution is 6.14. The molecule has 1 heterocycles. The molecule has 1 aromatic heterocycles. The number of furan rings is 1. The second-order valence-electron chi connectivity index (χ2n) is 13.3. The summed E-state index contributed by atoms with van der Waals surface area (Å²) in [6.07, 6.45) is 0. The average molecular weight is 664 g/mol. The second-order valence-corrected chi connectivity index (χ2v) is 13.3. The molecule has 0 unspecified atom stereocenters. The summed E-state index contributed by atoms with van der Waals surface area (Å²) in [6.45, 7) is 0. The van der Waals surface area contributed by atoms with E-state index in [-0.39, 0.29) is 0 Å². The fourth-order valence-electron chi connectivity index (χ4n) is 7.85. The third-order valence-electron chi connectivity index (χ3n) is 10.3. The first-order valence-electron chi connectivity index (χ1n) is 17.8. The third-order valence-corrected chi connectivity index (χ3v) is 10.3. The number of hydrogen-bond acceptors (Lipinski definition) is 2. The van der Waals surface area contributed by atoms with Crippen molar-refractivity contribution in [3.8, 4) is 33.4 Å². The Bertz CT molecular complexity index is 2910. The highest BCUT2D eigenvalue weighted by atomic mass is 16.3. The number of nitrogens with zero attached hydrogens (tertiary/aromatic N) is 1. The van der Waals surface area contributed by atoms with Crippen LogP contribution in [0, 0.1) is 0 Å². The summed E-state index contributed by atoms with van der Waals surface area (Å²) in [5.41, 5.74) is 12.1. The highest BCUT2D eigenvalue weighted by Gasteiger charge is 2.22. The minimum Gasteiger partial charge on any atom is -0.456 e. The standard InChI is InChI=1S/C50H33NO/c1-3-19-40-35(13-1)15-10-23-41(40)37-31-29-34(30-32-37)38-17-9-18-39(33-38)51(47-26-12-28-49-50(47)45-22-6-8-27-48(45)52-49)46-25-7-5-21-44(46)43-24-11-16-36-14-2-4-20-42(36)43/h1-33H. The van der Waals surface area contributed by atoms with Crippen LogP contribution in [0.3, 0.4) is 0 Å². The van der Waals surface area contributed by atoms with Gasteiger partial charge in [-0.3, -0.25) is 0 Å². The molecular formula is C50H33NO. The molecule has 0 fully saturated rings. The Kier molecular flexibility index (Phi) is 7.18. The molecule has 0 radical (unpaired) electrons. The monoisotopic (exact) mass is 663 g/mol. The Hall–Kier alpha value is -6.90. The largest absolute Gasteiger partial charge is 0.456 e. The summed E-state index contributed by atoms with van der Waals surface area (Å²) in [6, 6.07) is 71.7. The maximum atomic E-state index is 6.43. The van der Waals surface area contributed by atoms with Gasteiger partial charge < -0.3 is 9.32 Å². The molecule has 10 aromatic rings. The molecule has 0 saturated carbocycles. The fraction of sp³-hybridized carbons (Fsp3) is 0. The van der Waals surface area contributed by atoms with E-state index in [1.807, 2.05) is 6.07 Å². The van der Waals surface area contributed by atoms with Crippen molar-refractivity contribution in [3.63, 3.8) is 0 Å². The Morgan fingerprint density at radius 2 is 0.865 bits per heavy atom. The molecule has 0 atom stereocenters. The topological polar surface area (TPSA) is 16.4 Å². The third kappa shape index (κ3) is 5.04. The average Bonchev–Trinajstić information content (AvgIpc) is 3.61. The molecule has 9 aromatic carbocycles. The van der Waals surface area contributed by atoms with Crippen LogP contribution < -0.4 is 4.90 Å². The molecule has 0 aliphatic rings. The maximum Gasteiger partial charge on any atom is 0.137 e. The van der Waals surface area contributed by atoms with Crippen molar-refractivity contribution >= 4 is 60.5 Å². The van der Waals surface area contributed by atoms with Gasteiger partial charge in [0, 0.05) is 16.6 Å². The van der Waals surface area contributed by atoms with Gasteiger partial charge in [-0.05, 0) is 85.8 Å². The summed E-state index contributed by atoms with van der Waals surface area (Å²) < 4.78 is 6.43. The van der Waals surface area contributed by atoms with Crippen LogP contribution in [0.2, 0.25) is 0 Å². The van der Waals surface area contributed by atoms with Crippen molar-refractivity contribution in [2.75, 3.05) is 4.90 Å². The molecule has 0 N–H and O–H groups in total. The van der Waals surface area contributed by atoms with Gasteiger partial charge >= 0.3 is 0 Å². The summed E-state index contributed by atoms with van der Waals surface area (Å²) in [5.74, 6) is 0. The summed E-state index contributed by atoms with van der Waals surface area (Å²) in [7, 11) is 0. The maximum absolute atomic E-state index is 6.43. The van der Waals surface area contributed by atoms with Crippen LogP contribution in [0.1, 0.15) is 0 Å². The van der Waals surface area contributed by atoms with Crippen LogP contribution in [-0.4, -0.2) is 0 Å². The van der Waals surface area contributed by atoms with Crippen molar-refractivity contribution in [1.82, 2.24) is 0 Å². The van der Waals surface area contributed by atoms with Gasteiger partial charge in [0.2, 0.25) is 0 Å². The molecule has 0 amide bonds. The van der Waals surface area contributed by atoms with E-state index in [1.54, 1.807) is 0 Å². The Labute approximate surface area is 302 Å². The van der Waals surface area contributed by atoms with Crippen molar-refractivity contribution < 1.29 is 4.42 Å². The van der Waals surface area contributed by atoms with Crippen molar-refractivity contribution in [2.24, 2.45) is 0 Å². The predicted molar refractivity (Wildman–Crippen MR) is 220 cm³/mol. The molecule has 2 heteroatoms. The lowest BCUT2D eigenvalue weighted by Crippen LogP contribution is -2.11. The zero-order valence-electron chi connectivity index (χ0n) is 28.4. The van der Waals surface area contributed by atoms with Gasteiger partial charge in [-0.1, -0.05) is 164 Å². The lowest BCUT2D eigenvalue weighted by molar-refractivity contribution is 0.669. The van der Waals surface area contributed by atoms with E-state index < -0.39 is 0 Å². The Balaban J connectivity index is 1.16. The first-order valence-corrected chi connectivity index (χ1v) is 17.8. The first-order chi connectivity index (χ1) is 25.8. The van der Waals surface area contributed by atoms with Crippen molar-refractivity contribution in [1.29, 1.82) is 0 Å². The molecular weight excluding hydrogens is 631 g/mol. The van der Waals surface area contributed by atoms with Crippen LogP contribution in [0.25, 0.3) is 76.9 Å². The molecule has 52 heavy (non-hydrogen) atoms. The predicted octanol–water partition coefficient (Wildman–Crippen LogP) is 14.4. The summed E-state index contributed by atoms with van der Waals surface area (Å²) in [5, 5.41) is 7.15. The number of para-hydroxylation sites is 2. The zero-order valence-corrected chi connectivity index (χ0v) is 28.4. The SMILES string of the molecule is c1cc(-c2ccc(-c3cccc4ccccc34)cc2)cc(N(c2ccccc2-c2cccc3ccccc23)c2cccc3oc4ccccc4c23)c1. The van der Waals surface area contributed by atoms with Crippen LogP contribution >= 0.6 is 0 Å². The summed E-state index contributed by atoms with van der Waals surface area (Å²) in [4.78, 5) is 2.41. The van der Waals surface area contributed by atoms with E-state index in [0.717, 1.165) is 50.1 Å². The van der Waals surface area contributed by atoms with E-state index in [9.17, 15) is 0 Å². The lowest BCUT2D eigenvalue weighted by Gasteiger charge is -2.29. The van der Waals surface area contributed by atoms with Gasteiger partial charge in [0.1, 0.15) is 11.2 Å². The minimum absolute atomic E-state index is 0.867. The smallest absolute Gasteiger partial charge is 0.137 e. The second kappa shape index (κ2) is 12.5.